The highest BCUT2D eigenvalue weighted by molar-refractivity contribution is 7.90. The molecule has 0 aromatic heterocycles. The monoisotopic (exact) mass is 408 g/mol. The minimum Gasteiger partial charge on any atom is -0.490 e. The fourth-order valence-corrected chi connectivity index (χ4v) is 4.66. The largest absolute Gasteiger partial charge is 0.490 e. The Morgan fingerprint density at radius 3 is 2.67 bits per heavy atom. The average Bonchev–Trinajstić information content (AvgIpc) is 2.80. The van der Waals surface area contributed by atoms with Gasteiger partial charge in [-0.1, -0.05) is 23.7 Å². The summed E-state index contributed by atoms with van der Waals surface area (Å²) in [6, 6.07) is 7.62. The Kier molecular flexibility index (Phi) is 5.25. The smallest absolute Gasteiger partial charge is 0.255 e. The van der Waals surface area contributed by atoms with Gasteiger partial charge in [-0.2, -0.15) is 0 Å². The first-order chi connectivity index (χ1) is 13.0. The van der Waals surface area contributed by atoms with Crippen LogP contribution in [-0.2, 0) is 14.8 Å². The van der Waals surface area contributed by atoms with E-state index in [0.717, 1.165) is 37.4 Å². The van der Waals surface area contributed by atoms with E-state index in [1.165, 1.54) is 0 Å². The summed E-state index contributed by atoms with van der Waals surface area (Å²) in [5.74, 6) is 1.26. The molecule has 0 amide bonds. The van der Waals surface area contributed by atoms with E-state index in [2.05, 4.69) is 4.40 Å². The molecule has 0 unspecified atom stereocenters. The van der Waals surface area contributed by atoms with Crippen molar-refractivity contribution in [2.24, 2.45) is 4.40 Å². The van der Waals surface area contributed by atoms with Gasteiger partial charge in [-0.15, -0.1) is 4.40 Å². The maximum atomic E-state index is 12.1. The van der Waals surface area contributed by atoms with Crippen molar-refractivity contribution < 1.29 is 17.9 Å². The second-order valence-electron chi connectivity index (χ2n) is 6.77. The Morgan fingerprint density at radius 1 is 1.19 bits per heavy atom. The Morgan fingerprint density at radius 2 is 1.93 bits per heavy atom. The second-order valence-corrected chi connectivity index (χ2v) is 8.96. The summed E-state index contributed by atoms with van der Waals surface area (Å²) in [6.07, 6.45) is 5.94. The Bertz CT molecular complexity index is 900. The van der Waals surface area contributed by atoms with Gasteiger partial charge in [0, 0.05) is 31.2 Å². The number of ether oxygens (including phenoxy) is 2. The number of fused-ring (bicyclic) bond motifs is 1. The van der Waals surface area contributed by atoms with Gasteiger partial charge in [0.25, 0.3) is 10.0 Å². The summed E-state index contributed by atoms with van der Waals surface area (Å²) in [6.45, 7) is 2.02. The molecule has 6 nitrogen and oxygen atoms in total. The summed E-state index contributed by atoms with van der Waals surface area (Å²) in [5.41, 5.74) is 1.55. The molecule has 3 heterocycles. The molecule has 1 aromatic carbocycles. The zero-order valence-electron chi connectivity index (χ0n) is 14.8. The summed E-state index contributed by atoms with van der Waals surface area (Å²) < 4.78 is 39.7. The van der Waals surface area contributed by atoms with Gasteiger partial charge in [0.15, 0.2) is 5.84 Å². The summed E-state index contributed by atoms with van der Waals surface area (Å²) >= 11 is 6.27. The number of halogens is 1. The van der Waals surface area contributed by atoms with E-state index >= 15 is 0 Å². The number of nitrogens with zero attached hydrogens (tertiary/aromatic N) is 2. The molecule has 8 heteroatoms. The van der Waals surface area contributed by atoms with Crippen LogP contribution in [-0.4, -0.2) is 50.8 Å². The van der Waals surface area contributed by atoms with Crippen LogP contribution in [0.1, 0.15) is 24.8 Å². The van der Waals surface area contributed by atoms with Crippen molar-refractivity contribution in [2.45, 2.75) is 25.4 Å². The summed E-state index contributed by atoms with van der Waals surface area (Å²) in [4.78, 5) is 1.81. The summed E-state index contributed by atoms with van der Waals surface area (Å²) in [5, 5.41) is 0.547. The first-order valence-corrected chi connectivity index (χ1v) is 11.0. The quantitative estimate of drug-likeness (QED) is 0.768. The van der Waals surface area contributed by atoms with Crippen LogP contribution >= 0.6 is 11.6 Å². The molecule has 1 aromatic rings. The lowest BCUT2D eigenvalue weighted by atomic mass is 10.0. The molecule has 3 aliphatic rings. The third kappa shape index (κ3) is 4.36. The molecule has 4 rings (SSSR count). The standard InChI is InChI=1S/C19H21ClN2O4S/c20-15-12-18(19-21-27(23,24)11-1-8-22(19)13-15)14-2-4-16(5-3-14)26-17-6-9-25-10-7-17/h2-5,12-13,17H,1,6-11H2. The predicted molar refractivity (Wildman–Crippen MR) is 105 cm³/mol. The highest BCUT2D eigenvalue weighted by atomic mass is 35.5. The van der Waals surface area contributed by atoms with Crippen LogP contribution in [0.25, 0.3) is 5.57 Å². The number of sulfonamides is 1. The molecule has 0 atom stereocenters. The van der Waals surface area contributed by atoms with Crippen molar-refractivity contribution in [1.29, 1.82) is 0 Å². The molecule has 1 saturated heterocycles. The van der Waals surface area contributed by atoms with Gasteiger partial charge in [0.05, 0.1) is 24.0 Å². The number of rotatable bonds is 3. The molecule has 0 N–H and O–H groups in total. The van der Waals surface area contributed by atoms with E-state index in [9.17, 15) is 8.42 Å². The number of hydrogen-bond acceptors (Lipinski definition) is 5. The van der Waals surface area contributed by atoms with Gasteiger partial charge in [-0.3, -0.25) is 0 Å². The molecule has 144 valence electrons. The van der Waals surface area contributed by atoms with Crippen LogP contribution in [0.15, 0.2) is 46.0 Å². The SMILES string of the molecule is O=S1(=O)CCCN2C=C(Cl)C=C(c3ccc(OC4CCOCC4)cc3)C2=N1. The molecule has 0 radical (unpaired) electrons. The first kappa shape index (κ1) is 18.5. The van der Waals surface area contributed by atoms with Crippen LogP contribution < -0.4 is 4.74 Å². The fraction of sp³-hybridized carbons (Fsp3) is 0.421. The maximum Gasteiger partial charge on any atom is 0.255 e. The number of amidine groups is 1. The van der Waals surface area contributed by atoms with E-state index in [-0.39, 0.29) is 11.9 Å². The molecule has 1 fully saturated rings. The topological polar surface area (TPSA) is 68.2 Å². The molecule has 0 aliphatic carbocycles. The van der Waals surface area contributed by atoms with Crippen LogP contribution in [0.4, 0.5) is 0 Å². The lowest BCUT2D eigenvalue weighted by Gasteiger charge is -2.26. The highest BCUT2D eigenvalue weighted by Gasteiger charge is 2.27. The van der Waals surface area contributed by atoms with Crippen LogP contribution in [0, 0.1) is 0 Å². The molecule has 3 aliphatic heterocycles. The molecule has 27 heavy (non-hydrogen) atoms. The molecular weight excluding hydrogens is 388 g/mol. The van der Waals surface area contributed by atoms with Crippen molar-refractivity contribution >= 4 is 33.0 Å². The zero-order valence-corrected chi connectivity index (χ0v) is 16.4. The van der Waals surface area contributed by atoms with Crippen molar-refractivity contribution in [1.82, 2.24) is 4.90 Å². The third-order valence-electron chi connectivity index (χ3n) is 4.74. The Labute approximate surface area is 164 Å². The van der Waals surface area contributed by atoms with E-state index in [1.54, 1.807) is 12.3 Å². The highest BCUT2D eigenvalue weighted by Crippen LogP contribution is 2.30. The first-order valence-electron chi connectivity index (χ1n) is 9.04. The van der Waals surface area contributed by atoms with Crippen molar-refractivity contribution in [2.75, 3.05) is 25.5 Å². The van der Waals surface area contributed by atoms with Crippen molar-refractivity contribution in [3.05, 3.63) is 47.1 Å². The molecule has 0 spiro atoms. The lowest BCUT2D eigenvalue weighted by Crippen LogP contribution is -2.29. The minimum atomic E-state index is -3.48. The summed E-state index contributed by atoms with van der Waals surface area (Å²) in [7, 11) is -3.48. The van der Waals surface area contributed by atoms with E-state index in [4.69, 9.17) is 21.1 Å². The van der Waals surface area contributed by atoms with Gasteiger partial charge in [-0.05, 0) is 30.2 Å². The second kappa shape index (κ2) is 7.66. The van der Waals surface area contributed by atoms with E-state index < -0.39 is 10.0 Å². The predicted octanol–water partition coefficient (Wildman–Crippen LogP) is 3.16. The van der Waals surface area contributed by atoms with Crippen molar-refractivity contribution in [3.63, 3.8) is 0 Å². The number of hydrogen-bond donors (Lipinski definition) is 0. The van der Waals surface area contributed by atoms with Crippen molar-refractivity contribution in [3.8, 4) is 5.75 Å². The zero-order chi connectivity index (χ0) is 18.9. The van der Waals surface area contributed by atoms with Gasteiger partial charge in [0.2, 0.25) is 0 Å². The number of allylic oxidation sites excluding steroid dienone is 2. The van der Waals surface area contributed by atoms with Gasteiger partial charge in [0.1, 0.15) is 11.9 Å². The number of benzene rings is 1. The van der Waals surface area contributed by atoms with Crippen LogP contribution in [0.5, 0.6) is 5.75 Å². The molecule has 0 saturated carbocycles. The fourth-order valence-electron chi connectivity index (χ4n) is 3.38. The Hall–Kier alpha value is -1.83. The van der Waals surface area contributed by atoms with Crippen LogP contribution in [0.3, 0.4) is 0 Å². The minimum absolute atomic E-state index is 0.0453. The van der Waals surface area contributed by atoms with Gasteiger partial charge in [-0.25, -0.2) is 8.42 Å². The van der Waals surface area contributed by atoms with Gasteiger partial charge >= 0.3 is 0 Å². The normalized spacial score (nSPS) is 22.9. The molecular formula is C19H21ClN2O4S. The average molecular weight is 409 g/mol. The van der Waals surface area contributed by atoms with Crippen LogP contribution in [0.2, 0.25) is 0 Å². The third-order valence-corrected chi connectivity index (χ3v) is 6.20. The Balaban J connectivity index is 1.61. The lowest BCUT2D eigenvalue weighted by molar-refractivity contribution is 0.0256. The van der Waals surface area contributed by atoms with Gasteiger partial charge < -0.3 is 14.4 Å². The van der Waals surface area contributed by atoms with E-state index in [1.807, 2.05) is 29.2 Å². The maximum absolute atomic E-state index is 12.1. The molecule has 0 bridgehead atoms. The van der Waals surface area contributed by atoms with E-state index in [0.29, 0.717) is 29.4 Å².